The first-order valence-corrected chi connectivity index (χ1v) is 12.0. The first-order valence-electron chi connectivity index (χ1n) is 10.4. The van der Waals surface area contributed by atoms with Crippen molar-refractivity contribution in [2.45, 2.75) is 49.6 Å². The summed E-state index contributed by atoms with van der Waals surface area (Å²) >= 11 is 0. The van der Waals surface area contributed by atoms with Crippen molar-refractivity contribution in [1.29, 1.82) is 0 Å². The van der Waals surface area contributed by atoms with E-state index in [0.29, 0.717) is 22.4 Å². The molecular weight excluding hydrogens is 432 g/mol. The van der Waals surface area contributed by atoms with Gasteiger partial charge in [0, 0.05) is 18.3 Å². The zero-order chi connectivity index (χ0) is 22.9. The van der Waals surface area contributed by atoms with E-state index in [-0.39, 0.29) is 29.3 Å². The molecule has 9 nitrogen and oxygen atoms in total. The monoisotopic (exact) mass is 456 g/mol. The van der Waals surface area contributed by atoms with Crippen LogP contribution in [-0.4, -0.2) is 37.2 Å². The van der Waals surface area contributed by atoms with Gasteiger partial charge in [0.25, 0.3) is 11.8 Å². The van der Waals surface area contributed by atoms with E-state index in [1.807, 2.05) is 0 Å². The number of rotatable bonds is 5. The lowest BCUT2D eigenvalue weighted by Gasteiger charge is -2.29. The van der Waals surface area contributed by atoms with Gasteiger partial charge in [-0.15, -0.1) is 0 Å². The zero-order valence-electron chi connectivity index (χ0n) is 17.3. The number of benzene rings is 2. The lowest BCUT2D eigenvalue weighted by atomic mass is 9.94. The molecule has 2 aromatic carbocycles. The van der Waals surface area contributed by atoms with Gasteiger partial charge in [0.2, 0.25) is 10.0 Å². The Morgan fingerprint density at radius 2 is 1.62 bits per heavy atom. The summed E-state index contributed by atoms with van der Waals surface area (Å²) in [5, 5.41) is 10.4. The van der Waals surface area contributed by atoms with Crippen molar-refractivity contribution in [3.05, 3.63) is 59.2 Å². The summed E-state index contributed by atoms with van der Waals surface area (Å²) in [6, 6.07) is 9.97. The molecule has 1 heterocycles. The highest BCUT2D eigenvalue weighted by molar-refractivity contribution is 7.89. The minimum Gasteiger partial charge on any atom is -0.334 e. The largest absolute Gasteiger partial charge is 0.334 e. The van der Waals surface area contributed by atoms with E-state index in [4.69, 9.17) is 5.14 Å². The molecule has 32 heavy (non-hydrogen) atoms. The van der Waals surface area contributed by atoms with Gasteiger partial charge in [0.05, 0.1) is 16.0 Å². The molecule has 0 spiro atoms. The lowest BCUT2D eigenvalue weighted by molar-refractivity contribution is 0.0549. The quantitative estimate of drug-likeness (QED) is 0.594. The molecule has 1 fully saturated rings. The van der Waals surface area contributed by atoms with Crippen molar-refractivity contribution in [2.75, 3.05) is 5.32 Å². The van der Waals surface area contributed by atoms with Crippen molar-refractivity contribution in [3.63, 3.8) is 0 Å². The average Bonchev–Trinajstić information content (AvgIpc) is 3.02. The van der Waals surface area contributed by atoms with Crippen LogP contribution in [0.5, 0.6) is 0 Å². The Labute approximate surface area is 186 Å². The van der Waals surface area contributed by atoms with Crippen LogP contribution < -0.4 is 15.8 Å². The van der Waals surface area contributed by atoms with Gasteiger partial charge in [-0.3, -0.25) is 14.5 Å². The van der Waals surface area contributed by atoms with E-state index in [2.05, 4.69) is 10.6 Å². The van der Waals surface area contributed by atoms with Gasteiger partial charge < -0.3 is 10.6 Å². The van der Waals surface area contributed by atoms with Gasteiger partial charge in [-0.2, -0.15) is 0 Å². The number of imide groups is 1. The number of hydrogen-bond acceptors (Lipinski definition) is 5. The van der Waals surface area contributed by atoms with Crippen LogP contribution >= 0.6 is 0 Å². The van der Waals surface area contributed by atoms with Gasteiger partial charge in [0.15, 0.2) is 0 Å². The van der Waals surface area contributed by atoms with Crippen molar-refractivity contribution in [2.24, 2.45) is 5.14 Å². The number of hydrogen-bond donors (Lipinski definition) is 3. The fourth-order valence-electron chi connectivity index (χ4n) is 4.16. The molecule has 168 valence electrons. The maximum atomic E-state index is 12.9. The number of fused-ring (bicyclic) bond motifs is 1. The number of nitrogens with zero attached hydrogens (tertiary/aromatic N) is 1. The topological polar surface area (TPSA) is 139 Å². The first-order chi connectivity index (χ1) is 15.2. The third kappa shape index (κ3) is 4.51. The summed E-state index contributed by atoms with van der Waals surface area (Å²) in [5.74, 6) is -0.577. The van der Waals surface area contributed by atoms with Gasteiger partial charge in [-0.1, -0.05) is 31.4 Å². The molecule has 4 N–H and O–H groups in total. The highest BCUT2D eigenvalue weighted by Crippen LogP contribution is 2.32. The number of carbonyl (C=O) groups is 3. The maximum Gasteiger partial charge on any atom is 0.319 e. The average molecular weight is 457 g/mol. The second-order valence-corrected chi connectivity index (χ2v) is 9.59. The lowest BCUT2D eigenvalue weighted by Crippen LogP contribution is -2.40. The summed E-state index contributed by atoms with van der Waals surface area (Å²) < 4.78 is 22.6. The van der Waals surface area contributed by atoms with Crippen LogP contribution in [-0.2, 0) is 16.6 Å². The van der Waals surface area contributed by atoms with E-state index < -0.39 is 16.1 Å². The molecule has 4 amide bonds. The second kappa shape index (κ2) is 8.71. The Kier molecular flexibility index (Phi) is 5.98. The number of nitrogens with one attached hydrogen (secondary N) is 2. The van der Waals surface area contributed by atoms with Crippen LogP contribution in [0.15, 0.2) is 47.4 Å². The fraction of sp³-hybridized carbons (Fsp3) is 0.318. The molecule has 1 aliphatic heterocycles. The Balaban J connectivity index is 1.39. The predicted molar refractivity (Wildman–Crippen MR) is 117 cm³/mol. The third-order valence-corrected chi connectivity index (χ3v) is 6.75. The minimum absolute atomic E-state index is 0.00896. The van der Waals surface area contributed by atoms with Gasteiger partial charge >= 0.3 is 6.03 Å². The number of carbonyl (C=O) groups excluding carboxylic acids is 3. The Bertz CT molecular complexity index is 1170. The third-order valence-electron chi connectivity index (χ3n) is 5.82. The van der Waals surface area contributed by atoms with Gasteiger partial charge in [-0.25, -0.2) is 18.4 Å². The zero-order valence-corrected chi connectivity index (χ0v) is 18.2. The number of anilines is 1. The molecule has 1 saturated carbocycles. The molecular formula is C22H24N4O5S. The van der Waals surface area contributed by atoms with Crippen molar-refractivity contribution >= 4 is 33.6 Å². The summed E-state index contributed by atoms with van der Waals surface area (Å²) in [4.78, 5) is 39.3. The summed E-state index contributed by atoms with van der Waals surface area (Å²) in [6.45, 7) is 0.161. The van der Waals surface area contributed by atoms with Crippen LogP contribution in [0.1, 0.15) is 58.4 Å². The summed E-state index contributed by atoms with van der Waals surface area (Å²) in [5.41, 5.74) is 1.75. The Morgan fingerprint density at radius 3 is 2.28 bits per heavy atom. The van der Waals surface area contributed by atoms with Crippen LogP contribution in [0.25, 0.3) is 0 Å². The highest BCUT2D eigenvalue weighted by Gasteiger charge is 2.40. The molecule has 0 aromatic heterocycles. The number of nitrogens with two attached hydrogens (primary N) is 1. The molecule has 2 aromatic rings. The standard InChI is InChI=1S/C22H24N4O5S/c23-32(30,31)17-9-6-14(7-10-17)13-24-22(29)25-15-8-11-18-19(12-15)21(28)26(20(18)27)16-4-2-1-3-5-16/h6-12,16H,1-5,13H2,(H2,23,30,31)(H2,24,25,29). The Morgan fingerprint density at radius 1 is 0.969 bits per heavy atom. The van der Waals surface area contributed by atoms with E-state index in [0.717, 1.165) is 32.1 Å². The summed E-state index contributed by atoms with van der Waals surface area (Å²) in [6.07, 6.45) is 4.80. The minimum atomic E-state index is -3.77. The van der Waals surface area contributed by atoms with Crippen LogP contribution in [0.3, 0.4) is 0 Å². The van der Waals surface area contributed by atoms with Crippen LogP contribution in [0.4, 0.5) is 10.5 Å². The molecule has 10 heteroatoms. The molecule has 0 radical (unpaired) electrons. The predicted octanol–water partition coefficient (Wildman–Crippen LogP) is 2.58. The molecule has 0 bridgehead atoms. The van der Waals surface area contributed by atoms with E-state index >= 15 is 0 Å². The normalized spacial score (nSPS) is 16.7. The van der Waals surface area contributed by atoms with Crippen LogP contribution in [0.2, 0.25) is 0 Å². The number of amides is 4. The maximum absolute atomic E-state index is 12.9. The van der Waals surface area contributed by atoms with Gasteiger partial charge in [0.1, 0.15) is 0 Å². The summed E-state index contributed by atoms with van der Waals surface area (Å²) in [7, 11) is -3.77. The van der Waals surface area contributed by atoms with Crippen molar-refractivity contribution in [3.8, 4) is 0 Å². The Hall–Kier alpha value is -3.24. The van der Waals surface area contributed by atoms with E-state index in [9.17, 15) is 22.8 Å². The SMILES string of the molecule is NS(=O)(=O)c1ccc(CNC(=O)Nc2ccc3c(c2)C(=O)N(C2CCCCC2)C3=O)cc1. The van der Waals surface area contributed by atoms with Gasteiger partial charge in [-0.05, 0) is 48.7 Å². The van der Waals surface area contributed by atoms with Crippen molar-refractivity contribution < 1.29 is 22.8 Å². The molecule has 1 aliphatic carbocycles. The molecule has 2 aliphatic rings. The first kappa shape index (κ1) is 22.0. The van der Waals surface area contributed by atoms with Crippen LogP contribution in [0, 0.1) is 0 Å². The van der Waals surface area contributed by atoms with E-state index in [1.165, 1.54) is 23.1 Å². The number of primary sulfonamides is 1. The fourth-order valence-corrected chi connectivity index (χ4v) is 4.68. The molecule has 0 unspecified atom stereocenters. The molecule has 0 saturated heterocycles. The van der Waals surface area contributed by atoms with Crippen molar-refractivity contribution in [1.82, 2.24) is 10.2 Å². The highest BCUT2D eigenvalue weighted by atomic mass is 32.2. The smallest absolute Gasteiger partial charge is 0.319 e. The molecule has 0 atom stereocenters. The number of sulfonamides is 1. The molecule has 4 rings (SSSR count). The van der Waals surface area contributed by atoms with E-state index in [1.54, 1.807) is 24.3 Å². The number of urea groups is 1. The second-order valence-electron chi connectivity index (χ2n) is 8.03.